The third-order valence-electron chi connectivity index (χ3n) is 4.77. The minimum atomic E-state index is 0.205. The molecule has 2 aliphatic carbocycles. The Labute approximate surface area is 110 Å². The lowest BCUT2D eigenvalue weighted by Crippen LogP contribution is -2.36. The molecule has 3 nitrogen and oxygen atoms in total. The van der Waals surface area contributed by atoms with E-state index in [1.54, 1.807) is 0 Å². The number of carbonyl (C=O) groups excluding carboxylic acids is 1. The molecule has 1 amide bonds. The van der Waals surface area contributed by atoms with Crippen molar-refractivity contribution in [3.05, 3.63) is 0 Å². The molecule has 2 fully saturated rings. The lowest BCUT2D eigenvalue weighted by molar-refractivity contribution is -0.126. The van der Waals surface area contributed by atoms with Gasteiger partial charge in [0.05, 0.1) is 0 Å². The van der Waals surface area contributed by atoms with Gasteiger partial charge < -0.3 is 10.4 Å². The van der Waals surface area contributed by atoms with E-state index in [4.69, 9.17) is 5.11 Å². The van der Waals surface area contributed by atoms with Gasteiger partial charge in [0.2, 0.25) is 5.91 Å². The Balaban J connectivity index is 1.65. The van der Waals surface area contributed by atoms with Crippen LogP contribution in [0.2, 0.25) is 0 Å². The lowest BCUT2D eigenvalue weighted by atomic mass is 9.82. The molecule has 0 spiro atoms. The zero-order valence-corrected chi connectivity index (χ0v) is 11.4. The summed E-state index contributed by atoms with van der Waals surface area (Å²) in [6.45, 7) is 1.18. The summed E-state index contributed by atoms with van der Waals surface area (Å²) in [6.07, 6.45) is 10.6. The Bertz CT molecular complexity index is 253. The molecule has 0 heterocycles. The van der Waals surface area contributed by atoms with Crippen molar-refractivity contribution in [1.82, 2.24) is 5.32 Å². The molecule has 104 valence electrons. The predicted octanol–water partition coefficient (Wildman–Crippen LogP) is 2.48. The molecule has 2 rings (SSSR count). The minimum Gasteiger partial charge on any atom is -0.396 e. The largest absolute Gasteiger partial charge is 0.396 e. The molecule has 0 aromatic heterocycles. The first-order chi connectivity index (χ1) is 8.79. The lowest BCUT2D eigenvalue weighted by Gasteiger charge is -2.28. The second-order valence-electron chi connectivity index (χ2n) is 6.15. The summed E-state index contributed by atoms with van der Waals surface area (Å²) in [6, 6.07) is 0. The van der Waals surface area contributed by atoms with E-state index < -0.39 is 0 Å². The van der Waals surface area contributed by atoms with Gasteiger partial charge in [-0.25, -0.2) is 0 Å². The third kappa shape index (κ3) is 3.98. The van der Waals surface area contributed by atoms with Crippen molar-refractivity contribution in [2.75, 3.05) is 13.2 Å². The van der Waals surface area contributed by atoms with Crippen LogP contribution in [0.3, 0.4) is 0 Å². The van der Waals surface area contributed by atoms with Gasteiger partial charge >= 0.3 is 0 Å². The summed E-state index contributed by atoms with van der Waals surface area (Å²) in [7, 11) is 0. The first-order valence-electron chi connectivity index (χ1n) is 7.68. The number of aliphatic hydroxyl groups is 1. The number of aliphatic hydroxyl groups excluding tert-OH is 1. The highest BCUT2D eigenvalue weighted by Crippen LogP contribution is 2.29. The molecule has 0 atom stereocenters. The smallest absolute Gasteiger partial charge is 0.223 e. The molecule has 3 heteroatoms. The number of amides is 1. The fourth-order valence-electron chi connectivity index (χ4n) is 3.39. The minimum absolute atomic E-state index is 0.205. The number of nitrogens with one attached hydrogen (secondary N) is 1. The van der Waals surface area contributed by atoms with Crippen LogP contribution in [0.1, 0.15) is 57.8 Å². The molecule has 0 unspecified atom stereocenters. The summed E-state index contributed by atoms with van der Waals surface area (Å²) in [5, 5.41) is 12.2. The van der Waals surface area contributed by atoms with Gasteiger partial charge in [-0.05, 0) is 50.4 Å². The molecule has 0 radical (unpaired) electrons. The normalized spacial score (nSPS) is 30.1. The van der Waals surface area contributed by atoms with Crippen molar-refractivity contribution in [2.24, 2.45) is 17.8 Å². The van der Waals surface area contributed by atoms with Gasteiger partial charge in [-0.3, -0.25) is 4.79 Å². The van der Waals surface area contributed by atoms with Crippen molar-refractivity contribution < 1.29 is 9.90 Å². The van der Waals surface area contributed by atoms with Crippen LogP contribution in [0.15, 0.2) is 0 Å². The van der Waals surface area contributed by atoms with Gasteiger partial charge in [-0.2, -0.15) is 0 Å². The summed E-state index contributed by atoms with van der Waals surface area (Å²) in [5.41, 5.74) is 0. The van der Waals surface area contributed by atoms with Gasteiger partial charge in [0.25, 0.3) is 0 Å². The van der Waals surface area contributed by atoms with Crippen molar-refractivity contribution in [2.45, 2.75) is 57.8 Å². The molecule has 0 saturated heterocycles. The van der Waals surface area contributed by atoms with E-state index in [0.29, 0.717) is 5.92 Å². The second kappa shape index (κ2) is 7.13. The Hall–Kier alpha value is -0.570. The SMILES string of the molecule is O=C(NCC1CCCCC1)C1CCC(CO)CC1. The van der Waals surface area contributed by atoms with Crippen LogP contribution in [0.4, 0.5) is 0 Å². The second-order valence-corrected chi connectivity index (χ2v) is 6.15. The molecule has 2 aliphatic rings. The maximum atomic E-state index is 12.1. The third-order valence-corrected chi connectivity index (χ3v) is 4.77. The zero-order chi connectivity index (χ0) is 12.8. The Morgan fingerprint density at radius 1 is 0.944 bits per heavy atom. The van der Waals surface area contributed by atoms with Gasteiger partial charge in [-0.1, -0.05) is 19.3 Å². The Kier molecular flexibility index (Phi) is 5.48. The van der Waals surface area contributed by atoms with Crippen LogP contribution < -0.4 is 5.32 Å². The van der Waals surface area contributed by atoms with Gasteiger partial charge in [-0.15, -0.1) is 0 Å². The molecule has 0 aliphatic heterocycles. The Morgan fingerprint density at radius 2 is 1.61 bits per heavy atom. The van der Waals surface area contributed by atoms with Crippen molar-refractivity contribution in [3.63, 3.8) is 0 Å². The van der Waals surface area contributed by atoms with Crippen molar-refractivity contribution >= 4 is 5.91 Å². The van der Waals surface area contributed by atoms with Crippen LogP contribution in [0, 0.1) is 17.8 Å². The predicted molar refractivity (Wildman–Crippen MR) is 72.1 cm³/mol. The highest BCUT2D eigenvalue weighted by atomic mass is 16.3. The van der Waals surface area contributed by atoms with Crippen molar-refractivity contribution in [1.29, 1.82) is 0 Å². The first-order valence-corrected chi connectivity index (χ1v) is 7.68. The van der Waals surface area contributed by atoms with E-state index in [1.165, 1.54) is 32.1 Å². The van der Waals surface area contributed by atoms with E-state index in [-0.39, 0.29) is 18.4 Å². The van der Waals surface area contributed by atoms with Gasteiger partial charge in [0, 0.05) is 19.1 Å². The van der Waals surface area contributed by atoms with Crippen LogP contribution in [-0.4, -0.2) is 24.2 Å². The van der Waals surface area contributed by atoms with E-state index >= 15 is 0 Å². The number of hydrogen-bond acceptors (Lipinski definition) is 2. The Morgan fingerprint density at radius 3 is 2.22 bits per heavy atom. The molecule has 18 heavy (non-hydrogen) atoms. The summed E-state index contributed by atoms with van der Waals surface area (Å²) in [4.78, 5) is 12.1. The monoisotopic (exact) mass is 253 g/mol. The zero-order valence-electron chi connectivity index (χ0n) is 11.4. The molecule has 0 aromatic carbocycles. The number of rotatable bonds is 4. The number of hydrogen-bond donors (Lipinski definition) is 2. The van der Waals surface area contributed by atoms with Gasteiger partial charge in [0.1, 0.15) is 0 Å². The maximum Gasteiger partial charge on any atom is 0.223 e. The highest BCUT2D eigenvalue weighted by Gasteiger charge is 2.26. The molecular formula is C15H27NO2. The quantitative estimate of drug-likeness (QED) is 0.808. The summed E-state index contributed by atoms with van der Waals surface area (Å²) < 4.78 is 0. The molecular weight excluding hydrogens is 226 g/mol. The maximum absolute atomic E-state index is 12.1. The van der Waals surface area contributed by atoms with Crippen LogP contribution in [0.5, 0.6) is 0 Å². The summed E-state index contributed by atoms with van der Waals surface area (Å²) in [5.74, 6) is 1.62. The van der Waals surface area contributed by atoms with E-state index in [1.807, 2.05) is 0 Å². The van der Waals surface area contributed by atoms with Crippen LogP contribution in [-0.2, 0) is 4.79 Å². The molecule has 2 saturated carbocycles. The molecule has 0 aromatic rings. The average Bonchev–Trinajstić information content (AvgIpc) is 2.46. The molecule has 2 N–H and O–H groups in total. The first kappa shape index (κ1) is 13.9. The topological polar surface area (TPSA) is 49.3 Å². The van der Waals surface area contributed by atoms with Gasteiger partial charge in [0.15, 0.2) is 0 Å². The fraction of sp³-hybridized carbons (Fsp3) is 0.933. The average molecular weight is 253 g/mol. The van der Waals surface area contributed by atoms with E-state index in [2.05, 4.69) is 5.32 Å². The van der Waals surface area contributed by atoms with Crippen molar-refractivity contribution in [3.8, 4) is 0 Å². The summed E-state index contributed by atoms with van der Waals surface area (Å²) >= 11 is 0. The highest BCUT2D eigenvalue weighted by molar-refractivity contribution is 5.78. The van der Waals surface area contributed by atoms with E-state index in [0.717, 1.165) is 38.1 Å². The number of carbonyl (C=O) groups is 1. The van der Waals surface area contributed by atoms with Crippen LogP contribution in [0.25, 0.3) is 0 Å². The molecule has 0 bridgehead atoms. The van der Waals surface area contributed by atoms with E-state index in [9.17, 15) is 4.79 Å². The van der Waals surface area contributed by atoms with Crippen LogP contribution >= 0.6 is 0 Å². The standard InChI is InChI=1S/C15H27NO2/c17-11-13-6-8-14(9-7-13)15(18)16-10-12-4-2-1-3-5-12/h12-14,17H,1-11H2,(H,16,18). The fourth-order valence-corrected chi connectivity index (χ4v) is 3.39.